The Morgan fingerprint density at radius 1 is 1.30 bits per heavy atom. The first-order chi connectivity index (χ1) is 4.63. The summed E-state index contributed by atoms with van der Waals surface area (Å²) >= 11 is 0. The summed E-state index contributed by atoms with van der Waals surface area (Å²) in [5.74, 6) is 0.303. The summed E-state index contributed by atoms with van der Waals surface area (Å²) in [6.07, 6.45) is 0.491. The Balaban J connectivity index is 3.76. The van der Waals surface area contributed by atoms with Crippen LogP contribution < -0.4 is 0 Å². The van der Waals surface area contributed by atoms with Crippen LogP contribution in [0, 0.1) is 11.8 Å². The van der Waals surface area contributed by atoms with Gasteiger partial charge in [-0.05, 0) is 12.3 Å². The van der Waals surface area contributed by atoms with Crippen LogP contribution in [-0.4, -0.2) is 22.9 Å². The standard InChI is InChI=1S/C8H18O2/c1-4-7(5-9)8(10)6(2)3/h6-10H,4-5H2,1-3H3. The molecule has 0 aromatic heterocycles. The van der Waals surface area contributed by atoms with Crippen molar-refractivity contribution in [3.05, 3.63) is 0 Å². The first kappa shape index (κ1) is 9.92. The Hall–Kier alpha value is -0.0800. The minimum absolute atomic E-state index is 0.0556. The molecule has 0 rings (SSSR count). The highest BCUT2D eigenvalue weighted by Gasteiger charge is 2.18. The third kappa shape index (κ3) is 2.67. The van der Waals surface area contributed by atoms with Crippen LogP contribution >= 0.6 is 0 Å². The molecule has 0 aliphatic carbocycles. The third-order valence-electron chi connectivity index (χ3n) is 1.92. The van der Waals surface area contributed by atoms with E-state index in [1.54, 1.807) is 0 Å². The zero-order chi connectivity index (χ0) is 8.15. The van der Waals surface area contributed by atoms with Crippen molar-refractivity contribution in [3.63, 3.8) is 0 Å². The zero-order valence-corrected chi connectivity index (χ0v) is 7.04. The maximum Gasteiger partial charge on any atom is 0.0613 e. The molecule has 0 fully saturated rings. The van der Waals surface area contributed by atoms with Crippen molar-refractivity contribution in [1.29, 1.82) is 0 Å². The maximum absolute atomic E-state index is 9.43. The van der Waals surface area contributed by atoms with E-state index in [-0.39, 0.29) is 24.5 Å². The SMILES string of the molecule is CCC(CO)C(O)C(C)C. The van der Waals surface area contributed by atoms with Crippen LogP contribution in [0.3, 0.4) is 0 Å². The van der Waals surface area contributed by atoms with Gasteiger partial charge in [0.1, 0.15) is 0 Å². The first-order valence-electron chi connectivity index (χ1n) is 3.92. The van der Waals surface area contributed by atoms with E-state index in [2.05, 4.69) is 0 Å². The molecule has 0 spiro atoms. The lowest BCUT2D eigenvalue weighted by Gasteiger charge is -2.22. The van der Waals surface area contributed by atoms with Crippen molar-refractivity contribution in [2.24, 2.45) is 11.8 Å². The highest BCUT2D eigenvalue weighted by atomic mass is 16.3. The Morgan fingerprint density at radius 2 is 1.80 bits per heavy atom. The molecule has 2 unspecified atom stereocenters. The molecule has 2 atom stereocenters. The fraction of sp³-hybridized carbons (Fsp3) is 1.00. The van der Waals surface area contributed by atoms with E-state index in [1.165, 1.54) is 0 Å². The first-order valence-corrected chi connectivity index (χ1v) is 3.92. The molecule has 2 N–H and O–H groups in total. The highest BCUT2D eigenvalue weighted by Crippen LogP contribution is 2.14. The van der Waals surface area contributed by atoms with E-state index >= 15 is 0 Å². The van der Waals surface area contributed by atoms with Crippen LogP contribution in [0.25, 0.3) is 0 Å². The quantitative estimate of drug-likeness (QED) is 0.621. The van der Waals surface area contributed by atoms with Gasteiger partial charge in [-0.15, -0.1) is 0 Å². The average Bonchev–Trinajstić information content (AvgIpc) is 1.90. The van der Waals surface area contributed by atoms with Gasteiger partial charge in [-0.3, -0.25) is 0 Å². The average molecular weight is 146 g/mol. The van der Waals surface area contributed by atoms with E-state index in [4.69, 9.17) is 5.11 Å². The van der Waals surface area contributed by atoms with Gasteiger partial charge >= 0.3 is 0 Å². The van der Waals surface area contributed by atoms with Gasteiger partial charge < -0.3 is 10.2 Å². The van der Waals surface area contributed by atoms with Crippen molar-refractivity contribution in [1.82, 2.24) is 0 Å². The molecule has 0 radical (unpaired) electrons. The number of aliphatic hydroxyl groups excluding tert-OH is 2. The second-order valence-corrected chi connectivity index (χ2v) is 3.09. The van der Waals surface area contributed by atoms with E-state index < -0.39 is 0 Å². The molecular weight excluding hydrogens is 128 g/mol. The van der Waals surface area contributed by atoms with Crippen LogP contribution in [0.4, 0.5) is 0 Å². The van der Waals surface area contributed by atoms with E-state index in [0.717, 1.165) is 6.42 Å². The summed E-state index contributed by atoms with van der Waals surface area (Å²) < 4.78 is 0. The summed E-state index contributed by atoms with van der Waals surface area (Å²) in [6, 6.07) is 0. The van der Waals surface area contributed by atoms with Crippen molar-refractivity contribution in [2.45, 2.75) is 33.3 Å². The third-order valence-corrected chi connectivity index (χ3v) is 1.92. The van der Waals surface area contributed by atoms with Crippen molar-refractivity contribution < 1.29 is 10.2 Å². The lowest BCUT2D eigenvalue weighted by molar-refractivity contribution is 0.0321. The Morgan fingerprint density at radius 3 is 1.90 bits per heavy atom. The van der Waals surface area contributed by atoms with Gasteiger partial charge in [0.2, 0.25) is 0 Å². The van der Waals surface area contributed by atoms with Gasteiger partial charge in [0.15, 0.2) is 0 Å². The molecule has 0 aromatic carbocycles. The van der Waals surface area contributed by atoms with Gasteiger partial charge in [0.25, 0.3) is 0 Å². The van der Waals surface area contributed by atoms with Crippen LogP contribution in [-0.2, 0) is 0 Å². The summed E-state index contributed by atoms with van der Waals surface area (Å²) in [6.45, 7) is 5.99. The zero-order valence-electron chi connectivity index (χ0n) is 7.04. The molecule has 2 heteroatoms. The molecule has 2 nitrogen and oxygen atoms in total. The topological polar surface area (TPSA) is 40.5 Å². The van der Waals surface area contributed by atoms with Gasteiger partial charge in [0.05, 0.1) is 6.10 Å². The highest BCUT2D eigenvalue weighted by molar-refractivity contribution is 4.69. The minimum Gasteiger partial charge on any atom is -0.396 e. The molecule has 0 bridgehead atoms. The molecule has 0 amide bonds. The van der Waals surface area contributed by atoms with Crippen LogP contribution in [0.1, 0.15) is 27.2 Å². The normalized spacial score (nSPS) is 17.4. The summed E-state index contributed by atoms with van der Waals surface area (Å²) in [7, 11) is 0. The largest absolute Gasteiger partial charge is 0.396 e. The number of aliphatic hydroxyl groups is 2. The van der Waals surface area contributed by atoms with Gasteiger partial charge in [0, 0.05) is 12.5 Å². The lowest BCUT2D eigenvalue weighted by atomic mass is 9.92. The van der Waals surface area contributed by atoms with Gasteiger partial charge in [-0.25, -0.2) is 0 Å². The molecule has 62 valence electrons. The summed E-state index contributed by atoms with van der Waals surface area (Å²) in [5, 5.41) is 18.2. The molecule has 0 aromatic rings. The smallest absolute Gasteiger partial charge is 0.0613 e. The Labute approximate surface area is 62.9 Å². The fourth-order valence-corrected chi connectivity index (χ4v) is 1.02. The second-order valence-electron chi connectivity index (χ2n) is 3.09. The Bertz CT molecular complexity index is 77.3. The lowest BCUT2D eigenvalue weighted by Crippen LogP contribution is -2.27. The maximum atomic E-state index is 9.43. The molecule has 0 heterocycles. The van der Waals surface area contributed by atoms with Crippen molar-refractivity contribution in [3.8, 4) is 0 Å². The number of rotatable bonds is 4. The van der Waals surface area contributed by atoms with E-state index in [9.17, 15) is 5.11 Å². The Kier molecular flexibility index (Phi) is 4.65. The minimum atomic E-state index is -0.352. The van der Waals surface area contributed by atoms with E-state index in [0.29, 0.717) is 0 Å². The van der Waals surface area contributed by atoms with Crippen LogP contribution in [0.15, 0.2) is 0 Å². The summed E-state index contributed by atoms with van der Waals surface area (Å²) in [4.78, 5) is 0. The molecule has 10 heavy (non-hydrogen) atoms. The monoisotopic (exact) mass is 146 g/mol. The number of hydrogen-bond donors (Lipinski definition) is 2. The van der Waals surface area contributed by atoms with Gasteiger partial charge in [-0.1, -0.05) is 20.8 Å². The predicted molar refractivity (Wildman–Crippen MR) is 41.7 cm³/mol. The van der Waals surface area contributed by atoms with Crippen molar-refractivity contribution >= 4 is 0 Å². The van der Waals surface area contributed by atoms with Crippen LogP contribution in [0.2, 0.25) is 0 Å². The van der Waals surface area contributed by atoms with E-state index in [1.807, 2.05) is 20.8 Å². The molecule has 0 aliphatic rings. The molecule has 0 saturated heterocycles. The molecular formula is C8H18O2. The molecule has 0 saturated carbocycles. The predicted octanol–water partition coefficient (Wildman–Crippen LogP) is 1.02. The summed E-state index contributed by atoms with van der Waals surface area (Å²) in [5.41, 5.74) is 0. The molecule has 0 aliphatic heterocycles. The van der Waals surface area contributed by atoms with Crippen molar-refractivity contribution in [2.75, 3.05) is 6.61 Å². The number of hydrogen-bond acceptors (Lipinski definition) is 2. The van der Waals surface area contributed by atoms with Crippen LogP contribution in [0.5, 0.6) is 0 Å². The van der Waals surface area contributed by atoms with Gasteiger partial charge in [-0.2, -0.15) is 0 Å². The fourth-order valence-electron chi connectivity index (χ4n) is 1.02. The second kappa shape index (κ2) is 4.69.